The van der Waals surface area contributed by atoms with E-state index in [4.69, 9.17) is 5.11 Å². The predicted molar refractivity (Wildman–Crippen MR) is 73.0 cm³/mol. The molecule has 1 atom stereocenters. The average Bonchev–Trinajstić information content (AvgIpc) is 2.49. The molecule has 5 nitrogen and oxygen atoms in total. The fraction of sp³-hybridized carbons (Fsp3) is 0.429. The number of amides is 2. The van der Waals surface area contributed by atoms with Crippen molar-refractivity contribution in [1.29, 1.82) is 0 Å². The Morgan fingerprint density at radius 1 is 1.30 bits per heavy atom. The molecule has 0 saturated heterocycles. The summed E-state index contributed by atoms with van der Waals surface area (Å²) in [4.78, 5) is 23.0. The lowest BCUT2D eigenvalue weighted by Gasteiger charge is -2.17. The third-order valence-corrected chi connectivity index (χ3v) is 2.96. The van der Waals surface area contributed by atoms with Gasteiger partial charge in [0.1, 0.15) is 5.82 Å². The minimum absolute atomic E-state index is 0.159. The quantitative estimate of drug-likeness (QED) is 0.688. The number of nitrogens with one attached hydrogen (secondary N) is 2. The molecule has 0 aliphatic carbocycles. The first kappa shape index (κ1) is 18.9. The van der Waals surface area contributed by atoms with Gasteiger partial charge in [0, 0.05) is 13.0 Å². The second-order valence-electron chi connectivity index (χ2n) is 4.68. The van der Waals surface area contributed by atoms with Crippen molar-refractivity contribution >= 4 is 11.8 Å². The van der Waals surface area contributed by atoms with Crippen LogP contribution in [0.4, 0.5) is 17.6 Å². The second-order valence-corrected chi connectivity index (χ2v) is 4.68. The molecule has 2 amide bonds. The third-order valence-electron chi connectivity index (χ3n) is 2.96. The van der Waals surface area contributed by atoms with Crippen LogP contribution in [0.3, 0.4) is 0 Å². The van der Waals surface area contributed by atoms with Gasteiger partial charge in [-0.05, 0) is 12.1 Å². The number of benzene rings is 1. The van der Waals surface area contributed by atoms with Gasteiger partial charge in [-0.2, -0.15) is 13.2 Å². The molecule has 1 rings (SSSR count). The summed E-state index contributed by atoms with van der Waals surface area (Å²) in [7, 11) is 0. The molecule has 0 aromatic heterocycles. The zero-order chi connectivity index (χ0) is 17.6. The summed E-state index contributed by atoms with van der Waals surface area (Å²) >= 11 is 0. The maximum absolute atomic E-state index is 13.8. The van der Waals surface area contributed by atoms with Crippen LogP contribution in [0.1, 0.15) is 29.3 Å². The smallest absolute Gasteiger partial charge is 0.394 e. The fourth-order valence-corrected chi connectivity index (χ4v) is 1.73. The molecule has 0 aliphatic heterocycles. The summed E-state index contributed by atoms with van der Waals surface area (Å²) in [5, 5.41) is 13.6. The SMILES string of the molecule is CCC(=O)N[C@@H](CO)CNC(=O)c1cccc(C(F)(F)F)c1F. The highest BCUT2D eigenvalue weighted by Crippen LogP contribution is 2.32. The summed E-state index contributed by atoms with van der Waals surface area (Å²) in [6.07, 6.45) is -4.75. The van der Waals surface area contributed by atoms with E-state index in [9.17, 15) is 27.2 Å². The van der Waals surface area contributed by atoms with Crippen molar-refractivity contribution < 1.29 is 32.3 Å². The number of halogens is 4. The van der Waals surface area contributed by atoms with Crippen LogP contribution in [0.5, 0.6) is 0 Å². The number of aliphatic hydroxyl groups excluding tert-OH is 1. The Morgan fingerprint density at radius 3 is 2.48 bits per heavy atom. The lowest BCUT2D eigenvalue weighted by atomic mass is 10.1. The predicted octanol–water partition coefficient (Wildman–Crippen LogP) is 1.46. The molecule has 0 spiro atoms. The first-order valence-corrected chi connectivity index (χ1v) is 6.74. The van der Waals surface area contributed by atoms with E-state index in [0.29, 0.717) is 6.07 Å². The van der Waals surface area contributed by atoms with Gasteiger partial charge in [-0.15, -0.1) is 0 Å². The number of rotatable bonds is 6. The fourth-order valence-electron chi connectivity index (χ4n) is 1.73. The zero-order valence-electron chi connectivity index (χ0n) is 12.2. The average molecular weight is 336 g/mol. The number of hydrogen-bond donors (Lipinski definition) is 3. The largest absolute Gasteiger partial charge is 0.419 e. The normalized spacial score (nSPS) is 12.6. The van der Waals surface area contributed by atoms with Crippen molar-refractivity contribution in [3.05, 3.63) is 35.1 Å². The van der Waals surface area contributed by atoms with Crippen molar-refractivity contribution in [3.8, 4) is 0 Å². The maximum atomic E-state index is 13.8. The van der Waals surface area contributed by atoms with E-state index in [-0.39, 0.29) is 18.9 Å². The Bertz CT molecular complexity index is 576. The van der Waals surface area contributed by atoms with Crippen LogP contribution < -0.4 is 10.6 Å². The molecule has 3 N–H and O–H groups in total. The number of alkyl halides is 3. The Kier molecular flexibility index (Phi) is 6.49. The van der Waals surface area contributed by atoms with Crippen LogP contribution >= 0.6 is 0 Å². The molecule has 0 bridgehead atoms. The van der Waals surface area contributed by atoms with E-state index in [1.807, 2.05) is 0 Å². The molecule has 0 radical (unpaired) electrons. The summed E-state index contributed by atoms with van der Waals surface area (Å²) in [6, 6.07) is 1.55. The Balaban J connectivity index is 2.81. The Labute approximate surface area is 129 Å². The molecule has 128 valence electrons. The van der Waals surface area contributed by atoms with Gasteiger partial charge < -0.3 is 15.7 Å². The summed E-state index contributed by atoms with van der Waals surface area (Å²) in [6.45, 7) is 0.841. The molecule has 0 saturated carbocycles. The monoisotopic (exact) mass is 336 g/mol. The van der Waals surface area contributed by atoms with Crippen LogP contribution in [0.15, 0.2) is 18.2 Å². The van der Waals surface area contributed by atoms with E-state index in [0.717, 1.165) is 12.1 Å². The van der Waals surface area contributed by atoms with Crippen LogP contribution in [0.2, 0.25) is 0 Å². The first-order chi connectivity index (χ1) is 10.7. The molecular weight excluding hydrogens is 320 g/mol. The summed E-state index contributed by atoms with van der Waals surface area (Å²) in [5.41, 5.74) is -2.30. The third kappa shape index (κ3) is 5.20. The molecule has 0 heterocycles. The molecule has 0 fully saturated rings. The lowest BCUT2D eigenvalue weighted by Crippen LogP contribution is -2.45. The van der Waals surface area contributed by atoms with Gasteiger partial charge in [0.25, 0.3) is 5.91 Å². The number of hydrogen-bond acceptors (Lipinski definition) is 3. The second kappa shape index (κ2) is 7.91. The summed E-state index contributed by atoms with van der Waals surface area (Å²) < 4.78 is 51.6. The van der Waals surface area contributed by atoms with Gasteiger partial charge in [0.2, 0.25) is 5.91 Å². The van der Waals surface area contributed by atoms with Gasteiger partial charge in [-0.25, -0.2) is 4.39 Å². The van der Waals surface area contributed by atoms with Crippen molar-refractivity contribution in [3.63, 3.8) is 0 Å². The highest BCUT2D eigenvalue weighted by molar-refractivity contribution is 5.94. The van der Waals surface area contributed by atoms with Gasteiger partial charge >= 0.3 is 6.18 Å². The van der Waals surface area contributed by atoms with E-state index >= 15 is 0 Å². The van der Waals surface area contributed by atoms with Crippen molar-refractivity contribution in [1.82, 2.24) is 10.6 Å². The van der Waals surface area contributed by atoms with Crippen molar-refractivity contribution in [2.24, 2.45) is 0 Å². The van der Waals surface area contributed by atoms with Gasteiger partial charge in [0.05, 0.1) is 23.8 Å². The molecule has 1 aromatic rings. The van der Waals surface area contributed by atoms with E-state index in [1.165, 1.54) is 0 Å². The zero-order valence-corrected chi connectivity index (χ0v) is 12.2. The van der Waals surface area contributed by atoms with Gasteiger partial charge in [-0.1, -0.05) is 13.0 Å². The van der Waals surface area contributed by atoms with Gasteiger partial charge in [0.15, 0.2) is 0 Å². The molecular formula is C14H16F4N2O3. The lowest BCUT2D eigenvalue weighted by molar-refractivity contribution is -0.140. The van der Waals surface area contributed by atoms with Crippen molar-refractivity contribution in [2.75, 3.05) is 13.2 Å². The molecule has 0 aliphatic rings. The van der Waals surface area contributed by atoms with Crippen LogP contribution in [-0.2, 0) is 11.0 Å². The van der Waals surface area contributed by atoms with Crippen LogP contribution in [0.25, 0.3) is 0 Å². The minimum Gasteiger partial charge on any atom is -0.394 e. The topological polar surface area (TPSA) is 78.4 Å². The standard InChI is InChI=1S/C14H16F4N2O3/c1-2-11(22)20-8(7-21)6-19-13(23)9-4-3-5-10(12(9)15)14(16,17)18/h3-5,8,21H,2,6-7H2,1H3,(H,19,23)(H,20,22)/t8-/m1/s1. The summed E-state index contributed by atoms with van der Waals surface area (Å²) in [5.74, 6) is -3.11. The number of aliphatic hydroxyl groups is 1. The van der Waals surface area contributed by atoms with E-state index < -0.39 is 41.7 Å². The Morgan fingerprint density at radius 2 is 1.96 bits per heavy atom. The van der Waals surface area contributed by atoms with Crippen molar-refractivity contribution in [2.45, 2.75) is 25.6 Å². The number of carbonyl (C=O) groups is 2. The molecule has 1 aromatic carbocycles. The Hall–Kier alpha value is -2.16. The molecule has 9 heteroatoms. The molecule has 23 heavy (non-hydrogen) atoms. The highest BCUT2D eigenvalue weighted by Gasteiger charge is 2.35. The maximum Gasteiger partial charge on any atom is 0.419 e. The number of carbonyl (C=O) groups excluding carboxylic acids is 2. The highest BCUT2D eigenvalue weighted by atomic mass is 19.4. The van der Waals surface area contributed by atoms with Gasteiger partial charge in [-0.3, -0.25) is 9.59 Å². The van der Waals surface area contributed by atoms with Crippen LogP contribution in [-0.4, -0.2) is 36.1 Å². The van der Waals surface area contributed by atoms with Crippen LogP contribution in [0, 0.1) is 5.82 Å². The van der Waals surface area contributed by atoms with E-state index in [2.05, 4.69) is 10.6 Å². The van der Waals surface area contributed by atoms with E-state index in [1.54, 1.807) is 6.92 Å². The molecule has 0 unspecified atom stereocenters. The first-order valence-electron chi connectivity index (χ1n) is 6.74. The minimum atomic E-state index is -4.91.